The molecule has 2 N–H and O–H groups in total. The molecule has 4 rings (SSSR count). The number of carbonyl (C=O) groups is 2. The Morgan fingerprint density at radius 2 is 1.47 bits per heavy atom. The molecule has 0 bridgehead atoms. The van der Waals surface area contributed by atoms with Crippen LogP contribution in [0, 0.1) is 0 Å². The molecule has 170 valence electrons. The molecular formula is C23H24F3N3O3. The number of piperidine rings is 1. The Hall–Kier alpha value is -3.20. The molecule has 1 fully saturated rings. The summed E-state index contributed by atoms with van der Waals surface area (Å²) in [6, 6.07) is 20.1. The number of carbonyl (C=O) groups excluding carboxylic acids is 1. The second-order valence-electron chi connectivity index (χ2n) is 7.56. The molecule has 2 aromatic carbocycles. The molecular weight excluding hydrogens is 423 g/mol. The predicted molar refractivity (Wildman–Crippen MR) is 113 cm³/mol. The van der Waals surface area contributed by atoms with E-state index in [1.165, 1.54) is 0 Å². The van der Waals surface area contributed by atoms with Gasteiger partial charge in [0.15, 0.2) is 5.54 Å². The van der Waals surface area contributed by atoms with Crippen molar-refractivity contribution >= 4 is 17.7 Å². The molecule has 2 aliphatic rings. The molecule has 32 heavy (non-hydrogen) atoms. The summed E-state index contributed by atoms with van der Waals surface area (Å²) >= 11 is 0. The first-order valence-corrected chi connectivity index (χ1v) is 10.2. The smallest absolute Gasteiger partial charge is 0.475 e. The Kier molecular flexibility index (Phi) is 6.98. The monoisotopic (exact) mass is 447 g/mol. The first-order valence-electron chi connectivity index (χ1n) is 10.2. The number of amides is 1. The largest absolute Gasteiger partial charge is 0.490 e. The predicted octanol–water partition coefficient (Wildman–Crippen LogP) is 3.58. The van der Waals surface area contributed by atoms with Crippen LogP contribution in [0.15, 0.2) is 65.7 Å². The highest BCUT2D eigenvalue weighted by molar-refractivity contribution is 6.10. The molecule has 2 heterocycles. The van der Waals surface area contributed by atoms with Gasteiger partial charge in [0.25, 0.3) is 5.91 Å². The van der Waals surface area contributed by atoms with Crippen LogP contribution in [0.5, 0.6) is 0 Å². The van der Waals surface area contributed by atoms with E-state index in [9.17, 15) is 18.0 Å². The fourth-order valence-corrected chi connectivity index (χ4v) is 4.06. The summed E-state index contributed by atoms with van der Waals surface area (Å²) in [6.45, 7) is 3.87. The Labute approximate surface area is 183 Å². The minimum Gasteiger partial charge on any atom is -0.475 e. The average Bonchev–Trinajstić information content (AvgIpc) is 3.06. The number of benzene rings is 2. The highest BCUT2D eigenvalue weighted by Gasteiger charge is 2.51. The van der Waals surface area contributed by atoms with E-state index in [0.29, 0.717) is 0 Å². The normalized spacial score (nSPS) is 18.6. The maximum Gasteiger partial charge on any atom is 0.490 e. The zero-order valence-electron chi connectivity index (χ0n) is 17.5. The maximum absolute atomic E-state index is 13.7. The zero-order valence-corrected chi connectivity index (χ0v) is 17.5. The lowest BCUT2D eigenvalue weighted by Gasteiger charge is -2.34. The van der Waals surface area contributed by atoms with E-state index in [4.69, 9.17) is 14.9 Å². The molecule has 9 heteroatoms. The molecule has 0 radical (unpaired) electrons. The average molecular weight is 447 g/mol. The zero-order chi connectivity index (χ0) is 23.4. The van der Waals surface area contributed by atoms with Gasteiger partial charge in [0.05, 0.1) is 0 Å². The molecule has 6 nitrogen and oxygen atoms in total. The molecule has 2 aromatic rings. The highest BCUT2D eigenvalue weighted by atomic mass is 19.4. The van der Waals surface area contributed by atoms with E-state index in [0.717, 1.165) is 42.9 Å². The SMILES string of the molecule is CC1=NC(c2ccccc2)(c2ccccc2)C(=O)N1C1CCNCC1.O=C(O)C(F)(F)F. The van der Waals surface area contributed by atoms with Gasteiger partial charge in [-0.3, -0.25) is 9.69 Å². The summed E-state index contributed by atoms with van der Waals surface area (Å²) in [6.07, 6.45) is -3.14. The van der Waals surface area contributed by atoms with Gasteiger partial charge in [0.1, 0.15) is 5.84 Å². The summed E-state index contributed by atoms with van der Waals surface area (Å²) in [4.78, 5) is 29.5. The third-order valence-electron chi connectivity index (χ3n) is 5.51. The van der Waals surface area contributed by atoms with Crippen LogP contribution in [0.25, 0.3) is 0 Å². The van der Waals surface area contributed by atoms with Crippen molar-refractivity contribution in [3.63, 3.8) is 0 Å². The second kappa shape index (κ2) is 9.52. The topological polar surface area (TPSA) is 82.0 Å². The number of nitrogens with one attached hydrogen (secondary N) is 1. The first kappa shape index (κ1) is 23.5. The minimum absolute atomic E-state index is 0.0781. The van der Waals surface area contributed by atoms with Crippen molar-refractivity contribution in [1.29, 1.82) is 0 Å². The molecule has 0 atom stereocenters. The van der Waals surface area contributed by atoms with Crippen LogP contribution < -0.4 is 5.32 Å². The van der Waals surface area contributed by atoms with E-state index in [2.05, 4.69) is 5.32 Å². The third-order valence-corrected chi connectivity index (χ3v) is 5.51. The lowest BCUT2D eigenvalue weighted by atomic mass is 9.82. The van der Waals surface area contributed by atoms with Crippen LogP contribution >= 0.6 is 0 Å². The van der Waals surface area contributed by atoms with Gasteiger partial charge in [-0.15, -0.1) is 0 Å². The molecule has 2 aliphatic heterocycles. The van der Waals surface area contributed by atoms with Gasteiger partial charge in [-0.2, -0.15) is 13.2 Å². The summed E-state index contributed by atoms with van der Waals surface area (Å²) in [5.41, 5.74) is 0.904. The van der Waals surface area contributed by atoms with Crippen LogP contribution in [0.4, 0.5) is 13.2 Å². The van der Waals surface area contributed by atoms with Crippen molar-refractivity contribution < 1.29 is 27.9 Å². The first-order chi connectivity index (χ1) is 15.2. The van der Waals surface area contributed by atoms with E-state index >= 15 is 0 Å². The summed E-state index contributed by atoms with van der Waals surface area (Å²) in [5.74, 6) is -1.86. The number of carboxylic acid groups (broad SMARTS) is 1. The van der Waals surface area contributed by atoms with Crippen molar-refractivity contribution in [2.24, 2.45) is 4.99 Å². The van der Waals surface area contributed by atoms with Gasteiger partial charge < -0.3 is 10.4 Å². The number of aliphatic imine (C=N–C) groups is 1. The van der Waals surface area contributed by atoms with Crippen molar-refractivity contribution in [2.75, 3.05) is 13.1 Å². The number of hydrogen-bond acceptors (Lipinski definition) is 4. The van der Waals surface area contributed by atoms with Crippen LogP contribution in [0.2, 0.25) is 0 Å². The van der Waals surface area contributed by atoms with Crippen molar-refractivity contribution in [3.05, 3.63) is 71.8 Å². The van der Waals surface area contributed by atoms with Gasteiger partial charge in [0, 0.05) is 6.04 Å². The number of halogens is 3. The second-order valence-corrected chi connectivity index (χ2v) is 7.56. The van der Waals surface area contributed by atoms with E-state index in [-0.39, 0.29) is 11.9 Å². The fourth-order valence-electron chi connectivity index (χ4n) is 4.06. The van der Waals surface area contributed by atoms with Crippen molar-refractivity contribution in [3.8, 4) is 0 Å². The summed E-state index contributed by atoms with van der Waals surface area (Å²) < 4.78 is 31.7. The van der Waals surface area contributed by atoms with Gasteiger partial charge in [-0.05, 0) is 44.0 Å². The van der Waals surface area contributed by atoms with Gasteiger partial charge >= 0.3 is 12.1 Å². The van der Waals surface area contributed by atoms with E-state index < -0.39 is 17.7 Å². The van der Waals surface area contributed by atoms with Crippen LogP contribution in [0.3, 0.4) is 0 Å². The Morgan fingerprint density at radius 1 is 1.03 bits per heavy atom. The van der Waals surface area contributed by atoms with Gasteiger partial charge in [-0.1, -0.05) is 60.7 Å². The molecule has 1 saturated heterocycles. The standard InChI is InChI=1S/C21H23N3O.C2HF3O2/c1-16-23-21(17-8-4-2-5-9-17,18-10-6-3-7-11-18)20(25)24(16)19-12-14-22-15-13-19;3-2(4,5)1(6)7/h2-11,19,22H,12-15H2,1H3;(H,6,7). The van der Waals surface area contributed by atoms with Gasteiger partial charge in [-0.25, -0.2) is 9.79 Å². The molecule has 0 saturated carbocycles. The van der Waals surface area contributed by atoms with Gasteiger partial charge in [0.2, 0.25) is 0 Å². The van der Waals surface area contributed by atoms with E-state index in [1.807, 2.05) is 72.5 Å². The molecule has 0 unspecified atom stereocenters. The Bertz CT molecular complexity index is 933. The lowest BCUT2D eigenvalue weighted by Crippen LogP contribution is -2.50. The van der Waals surface area contributed by atoms with Crippen LogP contribution in [-0.2, 0) is 15.1 Å². The molecule has 0 spiro atoms. The van der Waals surface area contributed by atoms with Crippen molar-refractivity contribution in [2.45, 2.75) is 37.5 Å². The fraction of sp³-hybridized carbons (Fsp3) is 0.348. The summed E-state index contributed by atoms with van der Waals surface area (Å²) in [5, 5.41) is 10.5. The van der Waals surface area contributed by atoms with Crippen LogP contribution in [-0.4, -0.2) is 53.0 Å². The number of nitrogens with zero attached hydrogens (tertiary/aromatic N) is 2. The number of alkyl halides is 3. The number of carboxylic acids is 1. The molecule has 0 aliphatic carbocycles. The molecule has 0 aromatic heterocycles. The number of aliphatic carboxylic acids is 1. The number of hydrogen-bond donors (Lipinski definition) is 2. The van der Waals surface area contributed by atoms with Crippen molar-refractivity contribution in [1.82, 2.24) is 10.2 Å². The minimum atomic E-state index is -5.08. The van der Waals surface area contributed by atoms with Crippen LogP contribution in [0.1, 0.15) is 30.9 Å². The Morgan fingerprint density at radius 3 is 1.88 bits per heavy atom. The summed E-state index contributed by atoms with van der Waals surface area (Å²) in [7, 11) is 0. The maximum atomic E-state index is 13.7. The highest BCUT2D eigenvalue weighted by Crippen LogP contribution is 2.41. The number of rotatable bonds is 3. The quantitative estimate of drug-likeness (QED) is 0.754. The number of amidine groups is 1. The third kappa shape index (κ3) is 4.67. The lowest BCUT2D eigenvalue weighted by molar-refractivity contribution is -0.192. The van der Waals surface area contributed by atoms with E-state index in [1.54, 1.807) is 0 Å². The molecule has 1 amide bonds. The Balaban J connectivity index is 0.000000360.